The van der Waals surface area contributed by atoms with Gasteiger partial charge in [0.2, 0.25) is 0 Å². The molecule has 216 valence electrons. The molecule has 1 N–H and O–H groups in total. The molecule has 6 heteroatoms. The minimum Gasteiger partial charge on any atom is -0.444 e. The first kappa shape index (κ1) is 29.1. The Morgan fingerprint density at radius 3 is 1.61 bits per heavy atom. The molecule has 2 fully saturated rings. The molecule has 6 nitrogen and oxygen atoms in total. The van der Waals surface area contributed by atoms with E-state index in [1.165, 1.54) is 32.7 Å². The lowest BCUT2D eigenvalue weighted by Gasteiger charge is -2.35. The van der Waals surface area contributed by atoms with Gasteiger partial charge in [-0.1, -0.05) is 72.8 Å². The Labute approximate surface area is 244 Å². The van der Waals surface area contributed by atoms with Gasteiger partial charge >= 0.3 is 6.09 Å². The van der Waals surface area contributed by atoms with E-state index in [0.717, 1.165) is 65.4 Å². The van der Waals surface area contributed by atoms with Gasteiger partial charge in [-0.05, 0) is 65.6 Å². The molecule has 6 rings (SSSR count). The fourth-order valence-electron chi connectivity index (χ4n) is 5.47. The van der Waals surface area contributed by atoms with Gasteiger partial charge in [0.25, 0.3) is 0 Å². The van der Waals surface area contributed by atoms with Gasteiger partial charge in [0.1, 0.15) is 5.60 Å². The lowest BCUT2D eigenvalue weighted by atomic mass is 10.1. The molecule has 0 radical (unpaired) electrons. The number of benzene rings is 4. The largest absolute Gasteiger partial charge is 0.444 e. The number of amides is 1. The molecule has 1 amide bonds. The van der Waals surface area contributed by atoms with E-state index in [2.05, 4.69) is 100 Å². The van der Waals surface area contributed by atoms with Crippen LogP contribution in [-0.4, -0.2) is 78.8 Å². The van der Waals surface area contributed by atoms with Gasteiger partial charge in [-0.2, -0.15) is 0 Å². The topological polar surface area (TPSA) is 48.1 Å². The van der Waals surface area contributed by atoms with Gasteiger partial charge in [-0.25, -0.2) is 4.79 Å². The first-order valence-electron chi connectivity index (χ1n) is 14.9. The van der Waals surface area contributed by atoms with E-state index in [1.54, 1.807) is 0 Å². The van der Waals surface area contributed by atoms with Crippen LogP contribution in [0.1, 0.15) is 31.9 Å². The van der Waals surface area contributed by atoms with Crippen molar-refractivity contribution in [2.75, 3.05) is 52.4 Å². The number of rotatable bonds is 4. The predicted octanol–water partition coefficient (Wildman–Crippen LogP) is 6.14. The molecular weight excluding hydrogens is 508 g/mol. The fraction of sp³-hybridized carbons (Fsp3) is 0.400. The quantitative estimate of drug-likeness (QED) is 0.330. The third-order valence-corrected chi connectivity index (χ3v) is 7.67. The number of fused-ring (bicyclic) bond motifs is 2. The summed E-state index contributed by atoms with van der Waals surface area (Å²) in [6, 6.07) is 30.4. The number of nitrogens with one attached hydrogen (secondary N) is 1. The summed E-state index contributed by atoms with van der Waals surface area (Å²) in [5.74, 6) is 0. The number of piperazine rings is 2. The van der Waals surface area contributed by atoms with Gasteiger partial charge in [-0.3, -0.25) is 9.80 Å². The zero-order valence-corrected chi connectivity index (χ0v) is 24.8. The molecule has 0 aliphatic carbocycles. The summed E-state index contributed by atoms with van der Waals surface area (Å²) in [6.07, 6.45) is -0.201. The zero-order valence-electron chi connectivity index (χ0n) is 24.8. The molecule has 4 aromatic carbocycles. The maximum atomic E-state index is 12.1. The van der Waals surface area contributed by atoms with E-state index in [0.29, 0.717) is 0 Å². The van der Waals surface area contributed by atoms with Crippen LogP contribution in [0.15, 0.2) is 84.9 Å². The maximum absolute atomic E-state index is 12.1. The van der Waals surface area contributed by atoms with Crippen LogP contribution in [0.4, 0.5) is 4.79 Å². The molecule has 2 aliphatic heterocycles. The van der Waals surface area contributed by atoms with Gasteiger partial charge in [-0.15, -0.1) is 0 Å². The third kappa shape index (κ3) is 8.52. The highest BCUT2D eigenvalue weighted by molar-refractivity contribution is 5.83. The van der Waals surface area contributed by atoms with Crippen molar-refractivity contribution in [3.05, 3.63) is 96.1 Å². The molecule has 0 aromatic heterocycles. The summed E-state index contributed by atoms with van der Waals surface area (Å²) in [5.41, 5.74) is 2.31. The van der Waals surface area contributed by atoms with Crippen LogP contribution in [-0.2, 0) is 17.8 Å². The second-order valence-electron chi connectivity index (χ2n) is 12.1. The highest BCUT2D eigenvalue weighted by atomic mass is 16.6. The number of ether oxygens (including phenoxy) is 1. The Kier molecular flexibility index (Phi) is 9.55. The van der Waals surface area contributed by atoms with Crippen molar-refractivity contribution in [2.45, 2.75) is 39.5 Å². The van der Waals surface area contributed by atoms with Crippen molar-refractivity contribution in [3.63, 3.8) is 0 Å². The first-order valence-corrected chi connectivity index (χ1v) is 14.9. The second kappa shape index (κ2) is 13.5. The van der Waals surface area contributed by atoms with Gasteiger partial charge in [0.05, 0.1) is 0 Å². The molecule has 2 heterocycles. The smallest absolute Gasteiger partial charge is 0.410 e. The summed E-state index contributed by atoms with van der Waals surface area (Å²) in [6.45, 7) is 15.5. The van der Waals surface area contributed by atoms with E-state index >= 15 is 0 Å². The van der Waals surface area contributed by atoms with E-state index in [9.17, 15) is 4.79 Å². The average molecular weight is 553 g/mol. The summed E-state index contributed by atoms with van der Waals surface area (Å²) >= 11 is 0. The van der Waals surface area contributed by atoms with Crippen molar-refractivity contribution < 1.29 is 9.53 Å². The number of carbonyl (C=O) groups is 1. The zero-order chi connectivity index (χ0) is 28.7. The minimum atomic E-state index is -0.431. The van der Waals surface area contributed by atoms with Crippen LogP contribution in [0.2, 0.25) is 0 Å². The van der Waals surface area contributed by atoms with Crippen LogP contribution >= 0.6 is 0 Å². The fourth-order valence-corrected chi connectivity index (χ4v) is 5.47. The van der Waals surface area contributed by atoms with Gasteiger partial charge < -0.3 is 15.0 Å². The Hall–Kier alpha value is -3.45. The summed E-state index contributed by atoms with van der Waals surface area (Å²) in [7, 11) is 0. The molecule has 0 atom stereocenters. The molecule has 41 heavy (non-hydrogen) atoms. The van der Waals surface area contributed by atoms with Crippen molar-refractivity contribution in [3.8, 4) is 0 Å². The highest BCUT2D eigenvalue weighted by Crippen LogP contribution is 2.19. The Balaban J connectivity index is 0.000000174. The van der Waals surface area contributed by atoms with Crippen LogP contribution in [0.5, 0.6) is 0 Å². The Bertz CT molecular complexity index is 1430. The van der Waals surface area contributed by atoms with Crippen molar-refractivity contribution in [1.29, 1.82) is 0 Å². The number of hydrogen-bond acceptors (Lipinski definition) is 5. The SMILES string of the molecule is CC(C)(C)OC(=O)N1CCN(Cc2ccc3ccccc3c2)CC1.c1ccc2cc(CN3CCNCC3)ccc2c1. The summed E-state index contributed by atoms with van der Waals surface area (Å²) in [5, 5.41) is 8.62. The number of hydrogen-bond donors (Lipinski definition) is 1. The lowest BCUT2D eigenvalue weighted by molar-refractivity contribution is 0.0139. The van der Waals surface area contributed by atoms with E-state index in [4.69, 9.17) is 4.74 Å². The molecule has 0 saturated carbocycles. The normalized spacial score (nSPS) is 16.8. The van der Waals surface area contributed by atoms with Crippen LogP contribution < -0.4 is 5.32 Å². The van der Waals surface area contributed by atoms with Crippen molar-refractivity contribution in [2.24, 2.45) is 0 Å². The van der Waals surface area contributed by atoms with Gasteiger partial charge in [0.15, 0.2) is 0 Å². The highest BCUT2D eigenvalue weighted by Gasteiger charge is 2.25. The van der Waals surface area contributed by atoms with Crippen molar-refractivity contribution >= 4 is 27.6 Å². The Morgan fingerprint density at radius 2 is 1.12 bits per heavy atom. The monoisotopic (exact) mass is 552 g/mol. The maximum Gasteiger partial charge on any atom is 0.410 e. The molecular formula is C35H44N4O2. The van der Waals surface area contributed by atoms with Crippen LogP contribution in [0.25, 0.3) is 21.5 Å². The van der Waals surface area contributed by atoms with Crippen LogP contribution in [0.3, 0.4) is 0 Å². The molecule has 4 aromatic rings. The molecule has 0 unspecified atom stereocenters. The predicted molar refractivity (Wildman–Crippen MR) is 169 cm³/mol. The van der Waals surface area contributed by atoms with E-state index in [1.807, 2.05) is 25.7 Å². The minimum absolute atomic E-state index is 0.201. The van der Waals surface area contributed by atoms with Crippen LogP contribution in [0, 0.1) is 0 Å². The summed E-state index contributed by atoms with van der Waals surface area (Å²) < 4.78 is 5.45. The number of carbonyl (C=O) groups excluding carboxylic acids is 1. The number of nitrogens with zero attached hydrogens (tertiary/aromatic N) is 3. The third-order valence-electron chi connectivity index (χ3n) is 7.67. The van der Waals surface area contributed by atoms with E-state index < -0.39 is 5.60 Å². The van der Waals surface area contributed by atoms with E-state index in [-0.39, 0.29) is 6.09 Å². The lowest BCUT2D eigenvalue weighted by Crippen LogP contribution is -2.49. The van der Waals surface area contributed by atoms with Gasteiger partial charge in [0, 0.05) is 65.4 Å². The molecule has 0 bridgehead atoms. The molecule has 0 spiro atoms. The summed E-state index contributed by atoms with van der Waals surface area (Å²) in [4.78, 5) is 18.8. The molecule has 2 aliphatic rings. The average Bonchev–Trinajstić information content (AvgIpc) is 2.97. The van der Waals surface area contributed by atoms with Crippen molar-refractivity contribution in [1.82, 2.24) is 20.0 Å². The molecule has 2 saturated heterocycles. The second-order valence-corrected chi connectivity index (χ2v) is 12.1. The Morgan fingerprint density at radius 1 is 0.659 bits per heavy atom. The first-order chi connectivity index (χ1) is 19.8. The standard InChI is InChI=1S/C20H26N2O2.C15H18N2/c1-20(2,3)24-19(23)22-12-10-21(11-13-22)15-16-8-9-17-6-4-5-7-18(17)14-16;1-2-4-15-11-13(5-6-14(15)3-1)12-17-9-7-16-8-10-17/h4-9,14H,10-13,15H2,1-3H3;1-6,11,16H,7-10,12H2.